The quantitative estimate of drug-likeness (QED) is 0.130. The number of hydrogen-bond donors (Lipinski definition) is 2. The minimum Gasteiger partial charge on any atom is -0.493 e. The third-order valence-corrected chi connectivity index (χ3v) is 10.0. The number of nitrogens with zero attached hydrogens (tertiary/aromatic N) is 2. The molecule has 15 heteroatoms. The minimum absolute atomic E-state index is 0.00617. The average Bonchev–Trinajstić information content (AvgIpc) is 4.02. The second-order valence-electron chi connectivity index (χ2n) is 14.2. The molecular weight excluding hydrogens is 724 g/mol. The second kappa shape index (κ2) is 18.7. The van der Waals surface area contributed by atoms with Crippen molar-refractivity contribution in [1.82, 2.24) is 9.80 Å². The van der Waals surface area contributed by atoms with Gasteiger partial charge in [-0.3, -0.25) is 14.9 Å². The van der Waals surface area contributed by atoms with Gasteiger partial charge in [0.15, 0.2) is 24.1 Å². The summed E-state index contributed by atoms with van der Waals surface area (Å²) in [6.07, 6.45) is 3.04. The fraction of sp³-hybridized carbons (Fsp3) is 0.488. The van der Waals surface area contributed by atoms with Crippen molar-refractivity contribution in [3.8, 4) is 17.2 Å². The van der Waals surface area contributed by atoms with Gasteiger partial charge in [-0.25, -0.2) is 4.79 Å². The summed E-state index contributed by atoms with van der Waals surface area (Å²) in [5, 5.41) is 2.71. The molecule has 4 fully saturated rings. The lowest BCUT2D eigenvalue weighted by atomic mass is 10.1. The van der Waals surface area contributed by atoms with Crippen LogP contribution in [0.4, 0.5) is 16.2 Å². The summed E-state index contributed by atoms with van der Waals surface area (Å²) in [6, 6.07) is 5.97. The Balaban J connectivity index is 1.03. The Hall–Kier alpha value is -5.09. The number of carbonyl (C=O) groups is 3. The van der Waals surface area contributed by atoms with Crippen LogP contribution < -0.4 is 25.3 Å². The fourth-order valence-corrected chi connectivity index (χ4v) is 7.28. The maximum absolute atomic E-state index is 14.0. The highest BCUT2D eigenvalue weighted by Gasteiger charge is 2.42. The standard InChI is InChI=1S/C41H52N4O11/c1-6-10-56-41(48)43-31-22-34(27(4)19-29(31)38(47)45-24-26(3)18-33(45)40-54-15-16-55-40)50-11-8-7-9-12-51-36-21-30(42)28(20-35(36)49-5)37(46)44-23-25(2)17-32(44)39-52-13-14-53-39/h6,19-22,32-33,39-40H,1-3,7-18,23-24,42H2,4-5H3,(H,43,48)/t32-,33-/m0/s1. The van der Waals surface area contributed by atoms with Crippen LogP contribution in [0.1, 0.15) is 58.4 Å². The Morgan fingerprint density at radius 1 is 0.804 bits per heavy atom. The van der Waals surface area contributed by atoms with Crippen molar-refractivity contribution in [3.63, 3.8) is 0 Å². The van der Waals surface area contributed by atoms with Gasteiger partial charge >= 0.3 is 6.09 Å². The number of hydrogen-bond acceptors (Lipinski definition) is 12. The molecular formula is C41H52N4O11. The number of nitrogen functional groups attached to an aromatic ring is 1. The largest absolute Gasteiger partial charge is 0.493 e. The topological polar surface area (TPSA) is 170 Å². The first kappa shape index (κ1) is 40.6. The first-order valence-electron chi connectivity index (χ1n) is 18.9. The molecule has 0 spiro atoms. The Kier molecular flexibility index (Phi) is 13.5. The summed E-state index contributed by atoms with van der Waals surface area (Å²) < 4.78 is 45.8. The lowest BCUT2D eigenvalue weighted by Crippen LogP contribution is -2.43. The van der Waals surface area contributed by atoms with Gasteiger partial charge in [0.2, 0.25) is 0 Å². The van der Waals surface area contributed by atoms with Gasteiger partial charge in [-0.05, 0) is 56.7 Å². The zero-order valence-electron chi connectivity index (χ0n) is 32.2. The predicted molar refractivity (Wildman–Crippen MR) is 207 cm³/mol. The van der Waals surface area contributed by atoms with Crippen LogP contribution in [-0.2, 0) is 23.7 Å². The van der Waals surface area contributed by atoms with E-state index in [1.807, 2.05) is 6.92 Å². The summed E-state index contributed by atoms with van der Waals surface area (Å²) in [7, 11) is 1.51. The van der Waals surface area contributed by atoms with Crippen molar-refractivity contribution in [2.45, 2.75) is 63.7 Å². The van der Waals surface area contributed by atoms with Gasteiger partial charge in [-0.1, -0.05) is 37.0 Å². The van der Waals surface area contributed by atoms with Crippen molar-refractivity contribution in [1.29, 1.82) is 0 Å². The monoisotopic (exact) mass is 776 g/mol. The molecule has 4 aliphatic rings. The molecule has 2 atom stereocenters. The van der Waals surface area contributed by atoms with Crippen molar-refractivity contribution in [2.75, 3.05) is 77.5 Å². The van der Waals surface area contributed by atoms with Crippen LogP contribution in [0.5, 0.6) is 17.2 Å². The molecule has 0 saturated carbocycles. The highest BCUT2D eigenvalue weighted by atomic mass is 16.7. The van der Waals surface area contributed by atoms with Gasteiger partial charge in [-0.15, -0.1) is 0 Å². The summed E-state index contributed by atoms with van der Waals surface area (Å²) >= 11 is 0. The zero-order chi connectivity index (χ0) is 39.8. The molecule has 0 aromatic heterocycles. The number of anilines is 2. The van der Waals surface area contributed by atoms with Crippen LogP contribution in [0.15, 0.2) is 61.2 Å². The predicted octanol–water partition coefficient (Wildman–Crippen LogP) is 5.24. The number of benzene rings is 2. The van der Waals surface area contributed by atoms with E-state index in [-0.39, 0.29) is 47.4 Å². The van der Waals surface area contributed by atoms with Crippen molar-refractivity contribution >= 4 is 29.3 Å². The molecule has 4 heterocycles. The van der Waals surface area contributed by atoms with Crippen LogP contribution in [0.3, 0.4) is 0 Å². The second-order valence-corrected chi connectivity index (χ2v) is 14.2. The van der Waals surface area contributed by atoms with Gasteiger partial charge in [0.25, 0.3) is 11.8 Å². The van der Waals surface area contributed by atoms with Gasteiger partial charge in [0.1, 0.15) is 12.4 Å². The molecule has 0 aliphatic carbocycles. The van der Waals surface area contributed by atoms with E-state index in [9.17, 15) is 14.4 Å². The Morgan fingerprint density at radius 3 is 1.91 bits per heavy atom. The van der Waals surface area contributed by atoms with Crippen LogP contribution in [-0.4, -0.2) is 119 Å². The van der Waals surface area contributed by atoms with E-state index >= 15 is 0 Å². The molecule has 15 nitrogen and oxygen atoms in total. The summed E-state index contributed by atoms with van der Waals surface area (Å²) in [5.41, 5.74) is 10.0. The molecule has 56 heavy (non-hydrogen) atoms. The normalized spacial score (nSPS) is 20.1. The number of ether oxygens (including phenoxy) is 8. The first-order chi connectivity index (χ1) is 27.1. The summed E-state index contributed by atoms with van der Waals surface area (Å²) in [4.78, 5) is 43.6. The number of unbranched alkanes of at least 4 members (excludes halogenated alkanes) is 2. The molecule has 302 valence electrons. The lowest BCUT2D eigenvalue weighted by molar-refractivity contribution is -0.0836. The highest BCUT2D eigenvalue weighted by molar-refractivity contribution is 6.04. The van der Waals surface area contributed by atoms with E-state index < -0.39 is 18.7 Å². The average molecular weight is 777 g/mol. The van der Waals surface area contributed by atoms with Crippen LogP contribution >= 0.6 is 0 Å². The Bertz CT molecular complexity index is 1800. The van der Waals surface area contributed by atoms with Crippen LogP contribution in [0.25, 0.3) is 0 Å². The van der Waals surface area contributed by atoms with Crippen LogP contribution in [0, 0.1) is 6.92 Å². The maximum Gasteiger partial charge on any atom is 0.411 e. The van der Waals surface area contributed by atoms with E-state index in [1.165, 1.54) is 13.2 Å². The number of carbonyl (C=O) groups excluding carboxylic acids is 3. The number of nitrogens with one attached hydrogen (secondary N) is 1. The molecule has 0 bridgehead atoms. The number of rotatable bonds is 16. The lowest BCUT2D eigenvalue weighted by Gasteiger charge is -2.28. The molecule has 2 aromatic carbocycles. The van der Waals surface area contributed by atoms with Crippen molar-refractivity contribution < 1.29 is 52.3 Å². The third-order valence-electron chi connectivity index (χ3n) is 10.0. The number of amides is 3. The zero-order valence-corrected chi connectivity index (χ0v) is 32.2. The number of aryl methyl sites for hydroxylation is 1. The van der Waals surface area contributed by atoms with Gasteiger partial charge in [0.05, 0.1) is 75.6 Å². The Morgan fingerprint density at radius 2 is 1.36 bits per heavy atom. The van der Waals surface area contributed by atoms with Gasteiger partial charge < -0.3 is 53.4 Å². The van der Waals surface area contributed by atoms with E-state index in [0.29, 0.717) is 101 Å². The first-order valence-corrected chi connectivity index (χ1v) is 18.9. The Labute approximate surface area is 327 Å². The molecule has 4 saturated heterocycles. The van der Waals surface area contributed by atoms with Crippen molar-refractivity contribution in [2.24, 2.45) is 0 Å². The molecule has 0 radical (unpaired) electrons. The highest BCUT2D eigenvalue weighted by Crippen LogP contribution is 2.37. The maximum atomic E-state index is 14.0. The molecule has 3 amide bonds. The van der Waals surface area contributed by atoms with E-state index in [4.69, 9.17) is 43.6 Å². The van der Waals surface area contributed by atoms with E-state index in [0.717, 1.165) is 23.1 Å². The third kappa shape index (κ3) is 9.46. The van der Waals surface area contributed by atoms with Crippen molar-refractivity contribution in [3.05, 3.63) is 77.9 Å². The number of likely N-dealkylation sites (tertiary alicyclic amines) is 2. The van der Waals surface area contributed by atoms with Crippen LogP contribution in [0.2, 0.25) is 0 Å². The molecule has 0 unspecified atom stereocenters. The SMILES string of the molecule is C=CCOC(=O)Nc1cc(OCCCCCOc2cc(N)c(C(=O)N3CC(=C)C[C@H]3C3OCCO3)cc2OC)c(C)cc1C(=O)N1CC(=C)C[C@H]1C1OCCO1. The minimum atomic E-state index is -0.728. The molecule has 4 aliphatic heterocycles. The van der Waals surface area contributed by atoms with E-state index in [2.05, 4.69) is 25.1 Å². The number of nitrogens with two attached hydrogens (primary N) is 1. The summed E-state index contributed by atoms with van der Waals surface area (Å²) in [6.45, 7) is 17.0. The van der Waals surface area contributed by atoms with Gasteiger partial charge in [-0.2, -0.15) is 0 Å². The number of methoxy groups -OCH3 is 1. The molecule has 6 rings (SSSR count). The molecule has 2 aromatic rings. The smallest absolute Gasteiger partial charge is 0.411 e. The van der Waals surface area contributed by atoms with Gasteiger partial charge in [0, 0.05) is 30.9 Å². The summed E-state index contributed by atoms with van der Waals surface area (Å²) in [5.74, 6) is 0.807. The van der Waals surface area contributed by atoms with E-state index in [1.54, 1.807) is 34.1 Å². The molecule has 3 N–H and O–H groups in total. The fourth-order valence-electron chi connectivity index (χ4n) is 7.28.